The van der Waals surface area contributed by atoms with Crippen LogP contribution in [0.15, 0.2) is 6.20 Å². The van der Waals surface area contributed by atoms with Crippen LogP contribution in [-0.4, -0.2) is 40.1 Å². The Bertz CT molecular complexity index is 331. The summed E-state index contributed by atoms with van der Waals surface area (Å²) in [6.07, 6.45) is 1.26. The van der Waals surface area contributed by atoms with E-state index in [-0.39, 0.29) is 12.0 Å². The molecule has 0 radical (unpaired) electrons. The number of aromatic nitrogens is 1. The normalized spacial score (nSPS) is 17.2. The minimum absolute atomic E-state index is 0.0177. The van der Waals surface area contributed by atoms with Crippen LogP contribution in [0, 0.1) is 6.92 Å². The van der Waals surface area contributed by atoms with Gasteiger partial charge in [-0.25, -0.2) is 4.98 Å². The van der Waals surface area contributed by atoms with Crippen molar-refractivity contribution in [2.45, 2.75) is 13.0 Å². The van der Waals surface area contributed by atoms with Gasteiger partial charge in [-0.15, -0.1) is 11.3 Å². The van der Waals surface area contributed by atoms with Crippen molar-refractivity contribution in [2.24, 2.45) is 0 Å². The van der Waals surface area contributed by atoms with E-state index in [4.69, 9.17) is 5.11 Å². The van der Waals surface area contributed by atoms with Crippen molar-refractivity contribution in [2.75, 3.05) is 13.1 Å². The molecule has 0 aliphatic carbocycles. The molecule has 0 aromatic carbocycles. The van der Waals surface area contributed by atoms with Crippen molar-refractivity contribution >= 4 is 17.2 Å². The molecule has 1 fully saturated rings. The van der Waals surface area contributed by atoms with Crippen LogP contribution in [0.4, 0.5) is 0 Å². The number of carbonyl (C=O) groups excluding carboxylic acids is 1. The number of carbonyl (C=O) groups is 1. The summed E-state index contributed by atoms with van der Waals surface area (Å²) in [4.78, 5) is 17.9. The van der Waals surface area contributed by atoms with E-state index in [2.05, 4.69) is 4.98 Å². The van der Waals surface area contributed by atoms with Gasteiger partial charge < -0.3 is 10.0 Å². The lowest BCUT2D eigenvalue weighted by molar-refractivity contribution is 0.00621. The summed E-state index contributed by atoms with van der Waals surface area (Å²) in [6, 6.07) is 0. The number of thiazole rings is 1. The molecule has 2 rings (SSSR count). The van der Waals surface area contributed by atoms with E-state index in [1.54, 1.807) is 11.1 Å². The number of hydrogen-bond donors (Lipinski definition) is 1. The molecular formula is C8H10N2O2S. The van der Waals surface area contributed by atoms with E-state index in [0.29, 0.717) is 18.0 Å². The van der Waals surface area contributed by atoms with E-state index in [1.165, 1.54) is 11.3 Å². The number of likely N-dealkylation sites (tertiary alicyclic amines) is 1. The van der Waals surface area contributed by atoms with Crippen LogP contribution in [-0.2, 0) is 0 Å². The van der Waals surface area contributed by atoms with E-state index in [9.17, 15) is 4.79 Å². The number of nitrogens with zero attached hydrogens (tertiary/aromatic N) is 2. The van der Waals surface area contributed by atoms with E-state index in [0.717, 1.165) is 5.01 Å². The summed E-state index contributed by atoms with van der Waals surface area (Å²) in [5.41, 5.74) is 0. The van der Waals surface area contributed by atoms with Gasteiger partial charge in [0.1, 0.15) is 4.88 Å². The maximum absolute atomic E-state index is 11.6. The first-order valence-electron chi connectivity index (χ1n) is 4.06. The van der Waals surface area contributed by atoms with Gasteiger partial charge in [0.05, 0.1) is 17.3 Å². The summed E-state index contributed by atoms with van der Waals surface area (Å²) in [6.45, 7) is 2.78. The molecule has 1 saturated heterocycles. The van der Waals surface area contributed by atoms with Crippen LogP contribution in [0.3, 0.4) is 0 Å². The molecule has 0 bridgehead atoms. The van der Waals surface area contributed by atoms with Gasteiger partial charge in [-0.3, -0.25) is 4.79 Å². The fourth-order valence-corrected chi connectivity index (χ4v) is 1.98. The van der Waals surface area contributed by atoms with Gasteiger partial charge in [-0.2, -0.15) is 0 Å². The van der Waals surface area contributed by atoms with Gasteiger partial charge in [0, 0.05) is 13.1 Å². The molecule has 4 nitrogen and oxygen atoms in total. The fraction of sp³-hybridized carbons (Fsp3) is 0.500. The fourth-order valence-electron chi connectivity index (χ4n) is 1.24. The Hall–Kier alpha value is -0.940. The zero-order chi connectivity index (χ0) is 9.42. The van der Waals surface area contributed by atoms with E-state index < -0.39 is 0 Å². The van der Waals surface area contributed by atoms with Crippen LogP contribution in [0.1, 0.15) is 14.7 Å². The number of hydrogen-bond acceptors (Lipinski definition) is 4. The lowest BCUT2D eigenvalue weighted by atomic mass is 10.1. The number of rotatable bonds is 1. The van der Waals surface area contributed by atoms with Crippen LogP contribution >= 0.6 is 11.3 Å². The number of amides is 1. The summed E-state index contributed by atoms with van der Waals surface area (Å²) < 4.78 is 0. The molecule has 1 aromatic heterocycles. The number of aryl methyl sites for hydroxylation is 1. The van der Waals surface area contributed by atoms with Crippen LogP contribution in [0.5, 0.6) is 0 Å². The van der Waals surface area contributed by atoms with E-state index >= 15 is 0 Å². The van der Waals surface area contributed by atoms with Gasteiger partial charge in [0.25, 0.3) is 5.91 Å². The van der Waals surface area contributed by atoms with Crippen molar-refractivity contribution in [3.05, 3.63) is 16.1 Å². The standard InChI is InChI=1S/C8H10N2O2S/c1-5-9-2-7(13-5)8(12)10-3-6(11)4-10/h2,6,11H,3-4H2,1H3. The summed E-state index contributed by atoms with van der Waals surface area (Å²) in [5, 5.41) is 9.91. The maximum Gasteiger partial charge on any atom is 0.265 e. The van der Waals surface area contributed by atoms with Crippen LogP contribution < -0.4 is 0 Å². The molecule has 1 aliphatic rings. The molecule has 1 N–H and O–H groups in total. The van der Waals surface area contributed by atoms with Gasteiger partial charge in [-0.05, 0) is 6.92 Å². The summed E-state index contributed by atoms with van der Waals surface area (Å²) in [7, 11) is 0. The lowest BCUT2D eigenvalue weighted by Gasteiger charge is -2.35. The SMILES string of the molecule is Cc1ncc(C(=O)N2CC(O)C2)s1. The third-order valence-electron chi connectivity index (χ3n) is 1.98. The molecule has 70 valence electrons. The Balaban J connectivity index is 2.06. The highest BCUT2D eigenvalue weighted by atomic mass is 32.1. The second kappa shape index (κ2) is 3.08. The molecule has 0 atom stereocenters. The number of aliphatic hydroxyl groups is 1. The van der Waals surface area contributed by atoms with E-state index in [1.807, 2.05) is 6.92 Å². The Kier molecular flexibility index (Phi) is 2.05. The highest BCUT2D eigenvalue weighted by Gasteiger charge is 2.30. The second-order valence-electron chi connectivity index (χ2n) is 3.11. The lowest BCUT2D eigenvalue weighted by Crippen LogP contribution is -2.53. The molecule has 2 heterocycles. The third-order valence-corrected chi connectivity index (χ3v) is 2.88. The largest absolute Gasteiger partial charge is 0.389 e. The molecule has 1 amide bonds. The zero-order valence-corrected chi connectivity index (χ0v) is 8.04. The maximum atomic E-state index is 11.6. The first-order valence-corrected chi connectivity index (χ1v) is 4.88. The predicted octanol–water partition coefficient (Wildman–Crippen LogP) is 0.268. The van der Waals surface area contributed by atoms with Crippen molar-refractivity contribution < 1.29 is 9.90 Å². The van der Waals surface area contributed by atoms with Crippen molar-refractivity contribution in [3.63, 3.8) is 0 Å². The second-order valence-corrected chi connectivity index (χ2v) is 4.34. The molecular weight excluding hydrogens is 188 g/mol. The Morgan fingerprint density at radius 1 is 1.77 bits per heavy atom. The van der Waals surface area contributed by atoms with Gasteiger partial charge in [0.15, 0.2) is 0 Å². The molecule has 1 aromatic rings. The van der Waals surface area contributed by atoms with Crippen molar-refractivity contribution in [1.29, 1.82) is 0 Å². The van der Waals surface area contributed by atoms with Crippen molar-refractivity contribution in [1.82, 2.24) is 9.88 Å². The van der Waals surface area contributed by atoms with Gasteiger partial charge in [0.2, 0.25) is 0 Å². The molecule has 13 heavy (non-hydrogen) atoms. The first-order chi connectivity index (χ1) is 6.16. The topological polar surface area (TPSA) is 53.4 Å². The highest BCUT2D eigenvalue weighted by Crippen LogP contribution is 2.17. The molecule has 1 aliphatic heterocycles. The molecule has 0 spiro atoms. The highest BCUT2D eigenvalue weighted by molar-refractivity contribution is 7.13. The summed E-state index contributed by atoms with van der Waals surface area (Å²) in [5.74, 6) is -0.0177. The average Bonchev–Trinajstić information content (AvgIpc) is 2.45. The monoisotopic (exact) mass is 198 g/mol. The molecule has 0 unspecified atom stereocenters. The minimum atomic E-state index is -0.335. The quantitative estimate of drug-likeness (QED) is 0.704. The first kappa shape index (κ1) is 8.65. The number of β-amino-alcohol motifs (C(OH)–C–C–N with tert-alkyl or cyclic N) is 1. The van der Waals surface area contributed by atoms with Gasteiger partial charge in [-0.1, -0.05) is 0 Å². The average molecular weight is 198 g/mol. The van der Waals surface area contributed by atoms with Crippen LogP contribution in [0.2, 0.25) is 0 Å². The third kappa shape index (κ3) is 1.57. The van der Waals surface area contributed by atoms with Gasteiger partial charge >= 0.3 is 0 Å². The Morgan fingerprint density at radius 3 is 2.92 bits per heavy atom. The number of aliphatic hydroxyl groups excluding tert-OH is 1. The predicted molar refractivity (Wildman–Crippen MR) is 48.8 cm³/mol. The minimum Gasteiger partial charge on any atom is -0.389 e. The Morgan fingerprint density at radius 2 is 2.46 bits per heavy atom. The van der Waals surface area contributed by atoms with Crippen molar-refractivity contribution in [3.8, 4) is 0 Å². The molecule has 0 saturated carbocycles. The summed E-state index contributed by atoms with van der Waals surface area (Å²) >= 11 is 1.39. The zero-order valence-electron chi connectivity index (χ0n) is 7.23. The van der Waals surface area contributed by atoms with Crippen LogP contribution in [0.25, 0.3) is 0 Å². The molecule has 5 heteroatoms. The smallest absolute Gasteiger partial charge is 0.265 e. The Labute approximate surface area is 79.8 Å².